The van der Waals surface area contributed by atoms with Gasteiger partial charge in [-0.2, -0.15) is 0 Å². The fraction of sp³-hybridized carbons (Fsp3) is 0.100. The number of carbonyl (C=O) groups excluding carboxylic acids is 3. The monoisotopic (exact) mass is 588 g/mol. The molecule has 0 saturated carbocycles. The summed E-state index contributed by atoms with van der Waals surface area (Å²) in [5.41, 5.74) is 3.61. The van der Waals surface area contributed by atoms with Gasteiger partial charge in [-0.05, 0) is 77.7 Å². The summed E-state index contributed by atoms with van der Waals surface area (Å²) in [7, 11) is 0. The van der Waals surface area contributed by atoms with Crippen LogP contribution >= 0.6 is 27.5 Å². The SMILES string of the molecule is Cc1cc(Br)ccc1N1C(=O)NC(=O)/C(=C/c2ccc(OCc3c(C)ccc4ccccc34)c(Cl)c2)C1=O. The molecule has 1 fully saturated rings. The van der Waals surface area contributed by atoms with Crippen molar-refractivity contribution in [2.45, 2.75) is 20.5 Å². The van der Waals surface area contributed by atoms with Gasteiger partial charge in [0, 0.05) is 10.0 Å². The molecule has 6 nitrogen and oxygen atoms in total. The Bertz CT molecular complexity index is 1660. The second kappa shape index (κ2) is 10.4. The molecule has 0 spiro atoms. The second-order valence-corrected chi connectivity index (χ2v) is 10.3. The van der Waals surface area contributed by atoms with Crippen molar-refractivity contribution < 1.29 is 19.1 Å². The molecule has 1 heterocycles. The molecule has 8 heteroatoms. The maximum Gasteiger partial charge on any atom is 0.335 e. The van der Waals surface area contributed by atoms with Crippen LogP contribution < -0.4 is 15.0 Å². The van der Waals surface area contributed by atoms with Crippen molar-refractivity contribution in [3.8, 4) is 5.75 Å². The van der Waals surface area contributed by atoms with Gasteiger partial charge < -0.3 is 4.74 Å². The maximum absolute atomic E-state index is 13.2. The molecule has 0 atom stereocenters. The van der Waals surface area contributed by atoms with E-state index in [1.807, 2.05) is 19.1 Å². The summed E-state index contributed by atoms with van der Waals surface area (Å²) < 4.78 is 6.86. The molecule has 0 unspecified atom stereocenters. The fourth-order valence-corrected chi connectivity index (χ4v) is 5.14. The molecular formula is C30H22BrClN2O4. The Morgan fingerprint density at radius 1 is 0.947 bits per heavy atom. The zero-order valence-electron chi connectivity index (χ0n) is 20.5. The molecule has 4 aromatic rings. The van der Waals surface area contributed by atoms with Crippen LogP contribution in [0.25, 0.3) is 16.8 Å². The quantitative estimate of drug-likeness (QED) is 0.199. The van der Waals surface area contributed by atoms with Gasteiger partial charge in [0.25, 0.3) is 11.8 Å². The lowest BCUT2D eigenvalue weighted by Crippen LogP contribution is -2.54. The Morgan fingerprint density at radius 3 is 2.50 bits per heavy atom. The van der Waals surface area contributed by atoms with Crippen molar-refractivity contribution in [1.29, 1.82) is 0 Å². The van der Waals surface area contributed by atoms with Crippen LogP contribution in [-0.4, -0.2) is 17.8 Å². The highest BCUT2D eigenvalue weighted by Crippen LogP contribution is 2.31. The number of hydrogen-bond acceptors (Lipinski definition) is 4. The maximum atomic E-state index is 13.2. The van der Waals surface area contributed by atoms with Gasteiger partial charge in [0.15, 0.2) is 0 Å². The second-order valence-electron chi connectivity index (χ2n) is 8.95. The molecule has 5 rings (SSSR count). The lowest BCUT2D eigenvalue weighted by molar-refractivity contribution is -0.122. The summed E-state index contributed by atoms with van der Waals surface area (Å²) in [6, 6.07) is 21.6. The Balaban J connectivity index is 1.40. The standard InChI is InChI=1S/C30H22BrClN2O4/c1-17-7-9-20-5-3-4-6-22(20)24(17)16-38-27-12-8-19(15-25(27)32)14-23-28(35)33-30(37)34(29(23)36)26-11-10-21(31)13-18(26)2/h3-15H,16H2,1-2H3,(H,33,35,37)/b23-14-. The number of halogens is 2. The van der Waals surface area contributed by atoms with Crippen LogP contribution in [-0.2, 0) is 16.2 Å². The minimum atomic E-state index is -0.798. The molecule has 1 saturated heterocycles. The molecule has 4 amide bonds. The number of nitrogens with one attached hydrogen (secondary N) is 1. The Hall–Kier alpha value is -3.94. The smallest absolute Gasteiger partial charge is 0.335 e. The van der Waals surface area contributed by atoms with Crippen molar-refractivity contribution in [2.75, 3.05) is 4.90 Å². The molecule has 1 N–H and O–H groups in total. The molecule has 0 aromatic heterocycles. The Labute approximate surface area is 233 Å². The molecule has 190 valence electrons. The summed E-state index contributed by atoms with van der Waals surface area (Å²) in [5, 5.41) is 4.82. The number of aryl methyl sites for hydroxylation is 2. The van der Waals surface area contributed by atoms with E-state index in [4.69, 9.17) is 16.3 Å². The number of hydrogen-bond donors (Lipinski definition) is 1. The third kappa shape index (κ3) is 4.95. The van der Waals surface area contributed by atoms with Gasteiger partial charge in [-0.25, -0.2) is 9.69 Å². The van der Waals surface area contributed by atoms with Gasteiger partial charge in [-0.1, -0.05) is 70.0 Å². The highest BCUT2D eigenvalue weighted by atomic mass is 79.9. The highest BCUT2D eigenvalue weighted by molar-refractivity contribution is 9.10. The van der Waals surface area contributed by atoms with Crippen LogP contribution in [0.15, 0.2) is 82.8 Å². The number of imide groups is 2. The molecule has 0 bridgehead atoms. The summed E-state index contributed by atoms with van der Waals surface area (Å²) in [6.07, 6.45) is 1.41. The third-order valence-corrected chi connectivity index (χ3v) is 7.20. The molecule has 1 aliphatic rings. The Kier molecular flexibility index (Phi) is 7.06. The normalized spacial score (nSPS) is 14.8. The first-order valence-corrected chi connectivity index (χ1v) is 13.0. The van der Waals surface area contributed by atoms with E-state index in [1.54, 1.807) is 43.3 Å². The minimum absolute atomic E-state index is 0.178. The Morgan fingerprint density at radius 2 is 1.74 bits per heavy atom. The fourth-order valence-electron chi connectivity index (χ4n) is 4.42. The molecule has 1 aliphatic heterocycles. The predicted octanol–water partition coefficient (Wildman–Crippen LogP) is 7.12. The first kappa shape index (κ1) is 25.7. The number of amides is 4. The number of nitrogens with zero attached hydrogens (tertiary/aromatic N) is 1. The number of anilines is 1. The van der Waals surface area contributed by atoms with E-state index in [9.17, 15) is 14.4 Å². The van der Waals surface area contributed by atoms with Crippen LogP contribution in [0.4, 0.5) is 10.5 Å². The molecule has 0 radical (unpaired) electrons. The summed E-state index contributed by atoms with van der Waals surface area (Å²) in [6.45, 7) is 4.15. The van der Waals surface area contributed by atoms with Crippen molar-refractivity contribution in [3.05, 3.63) is 110 Å². The van der Waals surface area contributed by atoms with Crippen LogP contribution in [0.5, 0.6) is 5.75 Å². The van der Waals surface area contributed by atoms with E-state index in [0.717, 1.165) is 31.3 Å². The summed E-state index contributed by atoms with van der Waals surface area (Å²) in [4.78, 5) is 39.3. The van der Waals surface area contributed by atoms with Crippen molar-refractivity contribution in [2.24, 2.45) is 0 Å². The summed E-state index contributed by atoms with van der Waals surface area (Å²) >= 11 is 9.89. The van der Waals surface area contributed by atoms with Crippen molar-refractivity contribution >= 4 is 67.9 Å². The van der Waals surface area contributed by atoms with E-state index in [0.29, 0.717) is 34.2 Å². The third-order valence-electron chi connectivity index (χ3n) is 6.42. The number of barbiturate groups is 1. The van der Waals surface area contributed by atoms with Crippen molar-refractivity contribution in [3.63, 3.8) is 0 Å². The topological polar surface area (TPSA) is 75.7 Å². The molecule has 4 aromatic carbocycles. The predicted molar refractivity (Wildman–Crippen MR) is 152 cm³/mol. The van der Waals surface area contributed by atoms with E-state index in [-0.39, 0.29) is 5.57 Å². The zero-order valence-corrected chi connectivity index (χ0v) is 22.9. The number of rotatable bonds is 5. The van der Waals surface area contributed by atoms with Crippen LogP contribution in [0, 0.1) is 13.8 Å². The number of benzene rings is 4. The first-order valence-electron chi connectivity index (χ1n) is 11.8. The van der Waals surface area contributed by atoms with E-state index in [2.05, 4.69) is 45.5 Å². The average molecular weight is 590 g/mol. The average Bonchev–Trinajstić information content (AvgIpc) is 2.88. The number of fused-ring (bicyclic) bond motifs is 1. The number of urea groups is 1. The summed E-state index contributed by atoms with van der Waals surface area (Å²) in [5.74, 6) is -1.01. The highest BCUT2D eigenvalue weighted by Gasteiger charge is 2.37. The van der Waals surface area contributed by atoms with Gasteiger partial charge in [0.1, 0.15) is 17.9 Å². The van der Waals surface area contributed by atoms with Gasteiger partial charge >= 0.3 is 6.03 Å². The van der Waals surface area contributed by atoms with Crippen molar-refractivity contribution in [1.82, 2.24) is 5.32 Å². The van der Waals surface area contributed by atoms with Gasteiger partial charge in [-0.3, -0.25) is 14.9 Å². The minimum Gasteiger partial charge on any atom is -0.487 e. The number of carbonyl (C=O) groups is 3. The molecule has 0 aliphatic carbocycles. The van der Waals surface area contributed by atoms with Gasteiger partial charge in [0.05, 0.1) is 10.7 Å². The lowest BCUT2D eigenvalue weighted by Gasteiger charge is -2.27. The lowest BCUT2D eigenvalue weighted by atomic mass is 10.0. The molecule has 38 heavy (non-hydrogen) atoms. The van der Waals surface area contributed by atoms with E-state index >= 15 is 0 Å². The van der Waals surface area contributed by atoms with Gasteiger partial charge in [0.2, 0.25) is 0 Å². The molecular weight excluding hydrogens is 568 g/mol. The van der Waals surface area contributed by atoms with E-state index in [1.165, 1.54) is 6.08 Å². The van der Waals surface area contributed by atoms with Crippen LogP contribution in [0.1, 0.15) is 22.3 Å². The van der Waals surface area contributed by atoms with Gasteiger partial charge in [-0.15, -0.1) is 0 Å². The number of ether oxygens (including phenoxy) is 1. The zero-order chi connectivity index (χ0) is 27.0. The largest absolute Gasteiger partial charge is 0.487 e. The first-order chi connectivity index (χ1) is 18.2. The van der Waals surface area contributed by atoms with Crippen LogP contribution in [0.3, 0.4) is 0 Å². The van der Waals surface area contributed by atoms with E-state index < -0.39 is 17.8 Å². The van der Waals surface area contributed by atoms with Crippen LogP contribution in [0.2, 0.25) is 5.02 Å².